The molecule has 0 aromatic heterocycles. The van der Waals surface area contributed by atoms with Gasteiger partial charge in [0.25, 0.3) is 0 Å². The molecule has 0 spiro atoms. The molecule has 0 heterocycles. The molecular weight excluding hydrogens is 180 g/mol. The van der Waals surface area contributed by atoms with Crippen LogP contribution in [0.25, 0.3) is 0 Å². The third kappa shape index (κ3) is 2.42. The molecule has 82 valence electrons. The van der Waals surface area contributed by atoms with E-state index in [9.17, 15) is 0 Å². The Labute approximate surface area is 93.7 Å². The zero-order valence-corrected chi connectivity index (χ0v) is 10.4. The summed E-state index contributed by atoms with van der Waals surface area (Å²) in [6.07, 6.45) is 2.79. The Kier molecular flexibility index (Phi) is 2.62. The molecule has 0 bridgehead atoms. The normalized spacial score (nSPS) is 18.9. The molecule has 1 atom stereocenters. The minimum atomic E-state index is 0.362. The van der Waals surface area contributed by atoms with Crippen molar-refractivity contribution in [2.75, 3.05) is 0 Å². The van der Waals surface area contributed by atoms with Gasteiger partial charge in [-0.3, -0.25) is 0 Å². The van der Waals surface area contributed by atoms with E-state index in [2.05, 4.69) is 52.0 Å². The van der Waals surface area contributed by atoms with E-state index in [1.807, 2.05) is 0 Å². The summed E-state index contributed by atoms with van der Waals surface area (Å²) in [7, 11) is 0. The summed E-state index contributed by atoms with van der Waals surface area (Å²) < 4.78 is 0. The van der Waals surface area contributed by atoms with Crippen LogP contribution in [0.4, 0.5) is 0 Å². The van der Waals surface area contributed by atoms with E-state index in [4.69, 9.17) is 0 Å². The van der Waals surface area contributed by atoms with Crippen molar-refractivity contribution in [1.82, 2.24) is 0 Å². The minimum absolute atomic E-state index is 0.362. The van der Waals surface area contributed by atoms with Crippen molar-refractivity contribution >= 4 is 0 Å². The average molecular weight is 202 g/mol. The molecule has 0 heteroatoms. The van der Waals surface area contributed by atoms with Crippen LogP contribution in [0.1, 0.15) is 63.5 Å². The summed E-state index contributed by atoms with van der Waals surface area (Å²) >= 11 is 0. The van der Waals surface area contributed by atoms with Crippen molar-refractivity contribution in [2.45, 2.75) is 52.4 Å². The highest BCUT2D eigenvalue weighted by atomic mass is 14.3. The summed E-state index contributed by atoms with van der Waals surface area (Å²) in [5, 5.41) is 0. The van der Waals surface area contributed by atoms with Crippen LogP contribution < -0.4 is 0 Å². The zero-order chi connectivity index (χ0) is 11.1. The lowest BCUT2D eigenvalue weighted by molar-refractivity contribution is 0.339. The predicted molar refractivity (Wildman–Crippen MR) is 66.3 cm³/mol. The Morgan fingerprint density at radius 2 is 1.60 bits per heavy atom. The van der Waals surface area contributed by atoms with E-state index in [0.717, 1.165) is 5.92 Å². The second kappa shape index (κ2) is 3.66. The van der Waals surface area contributed by atoms with Crippen LogP contribution in [-0.4, -0.2) is 0 Å². The fourth-order valence-corrected chi connectivity index (χ4v) is 1.97. The molecule has 1 aromatic rings. The Morgan fingerprint density at radius 1 is 1.07 bits per heavy atom. The van der Waals surface area contributed by atoms with Crippen molar-refractivity contribution in [1.29, 1.82) is 0 Å². The van der Waals surface area contributed by atoms with Crippen LogP contribution in [0.2, 0.25) is 0 Å². The molecule has 1 aliphatic carbocycles. The Hall–Kier alpha value is -0.780. The highest BCUT2D eigenvalue weighted by molar-refractivity contribution is 5.30. The average Bonchev–Trinajstić information content (AvgIpc) is 2.99. The monoisotopic (exact) mass is 202 g/mol. The van der Waals surface area contributed by atoms with Crippen LogP contribution in [0, 0.1) is 5.41 Å². The van der Waals surface area contributed by atoms with Gasteiger partial charge in [0, 0.05) is 0 Å². The van der Waals surface area contributed by atoms with Crippen molar-refractivity contribution in [3.63, 3.8) is 0 Å². The van der Waals surface area contributed by atoms with Crippen molar-refractivity contribution < 1.29 is 0 Å². The van der Waals surface area contributed by atoms with Gasteiger partial charge in [-0.15, -0.1) is 0 Å². The fraction of sp³-hybridized carbons (Fsp3) is 0.600. The molecule has 2 rings (SSSR count). The predicted octanol–water partition coefficient (Wildman–Crippen LogP) is 4.71. The maximum absolute atomic E-state index is 2.33. The number of hydrogen-bond acceptors (Lipinski definition) is 0. The van der Waals surface area contributed by atoms with Gasteiger partial charge in [-0.25, -0.2) is 0 Å². The van der Waals surface area contributed by atoms with Crippen LogP contribution >= 0.6 is 0 Å². The SMILES string of the molecule is CC(c1ccc(C2CC2)cc1)C(C)(C)C. The highest BCUT2D eigenvalue weighted by Gasteiger charge is 2.25. The van der Waals surface area contributed by atoms with Gasteiger partial charge in [0.2, 0.25) is 0 Å². The third-order valence-corrected chi connectivity index (χ3v) is 3.78. The second-order valence-corrected chi connectivity index (χ2v) is 6.03. The summed E-state index contributed by atoms with van der Waals surface area (Å²) in [4.78, 5) is 0. The summed E-state index contributed by atoms with van der Waals surface area (Å²) in [5.74, 6) is 1.51. The maximum Gasteiger partial charge on any atom is -0.0142 e. The molecule has 1 unspecified atom stereocenters. The lowest BCUT2D eigenvalue weighted by atomic mass is 9.78. The van der Waals surface area contributed by atoms with Gasteiger partial charge < -0.3 is 0 Å². The second-order valence-electron chi connectivity index (χ2n) is 6.03. The van der Waals surface area contributed by atoms with Crippen LogP contribution in [0.15, 0.2) is 24.3 Å². The van der Waals surface area contributed by atoms with Crippen molar-refractivity contribution in [3.8, 4) is 0 Å². The quantitative estimate of drug-likeness (QED) is 0.651. The van der Waals surface area contributed by atoms with Crippen molar-refractivity contribution in [3.05, 3.63) is 35.4 Å². The van der Waals surface area contributed by atoms with Gasteiger partial charge in [0.05, 0.1) is 0 Å². The van der Waals surface area contributed by atoms with E-state index >= 15 is 0 Å². The van der Waals surface area contributed by atoms with Crippen molar-refractivity contribution in [2.24, 2.45) is 5.41 Å². The molecule has 0 N–H and O–H groups in total. The first-order valence-electron chi connectivity index (χ1n) is 6.08. The topological polar surface area (TPSA) is 0 Å². The largest absolute Gasteiger partial charge is 0.0596 e. The van der Waals surface area contributed by atoms with Crippen LogP contribution in [-0.2, 0) is 0 Å². The van der Waals surface area contributed by atoms with Crippen LogP contribution in [0.3, 0.4) is 0 Å². The third-order valence-electron chi connectivity index (χ3n) is 3.78. The van der Waals surface area contributed by atoms with E-state index in [1.54, 1.807) is 5.56 Å². The smallest absolute Gasteiger partial charge is 0.0142 e. The van der Waals surface area contributed by atoms with E-state index in [0.29, 0.717) is 11.3 Å². The summed E-state index contributed by atoms with van der Waals surface area (Å²) in [6, 6.07) is 9.30. The summed E-state index contributed by atoms with van der Waals surface area (Å²) in [6.45, 7) is 9.26. The van der Waals surface area contributed by atoms with Gasteiger partial charge in [-0.05, 0) is 41.2 Å². The maximum atomic E-state index is 2.33. The molecule has 15 heavy (non-hydrogen) atoms. The first kappa shape index (κ1) is 10.7. The lowest BCUT2D eigenvalue weighted by Gasteiger charge is -2.27. The molecule has 1 aromatic carbocycles. The number of benzene rings is 1. The Bertz CT molecular complexity index is 322. The Morgan fingerprint density at radius 3 is 2.00 bits per heavy atom. The van der Waals surface area contributed by atoms with Gasteiger partial charge in [0.1, 0.15) is 0 Å². The molecule has 1 aliphatic rings. The standard InChI is InChI=1S/C15H22/c1-11(15(2,3)4)12-5-7-13(8-6-12)14-9-10-14/h5-8,11,14H,9-10H2,1-4H3. The molecule has 0 amide bonds. The first-order chi connectivity index (χ1) is 6.98. The van der Waals surface area contributed by atoms with Gasteiger partial charge in [-0.1, -0.05) is 52.0 Å². The van der Waals surface area contributed by atoms with Gasteiger partial charge >= 0.3 is 0 Å². The van der Waals surface area contributed by atoms with E-state index in [1.165, 1.54) is 18.4 Å². The molecule has 0 saturated heterocycles. The minimum Gasteiger partial charge on any atom is -0.0596 e. The first-order valence-corrected chi connectivity index (χ1v) is 6.08. The fourth-order valence-electron chi connectivity index (χ4n) is 1.97. The number of hydrogen-bond donors (Lipinski definition) is 0. The highest BCUT2D eigenvalue weighted by Crippen LogP contribution is 2.41. The van der Waals surface area contributed by atoms with Gasteiger partial charge in [0.15, 0.2) is 0 Å². The summed E-state index contributed by atoms with van der Waals surface area (Å²) in [5.41, 5.74) is 3.38. The molecule has 1 saturated carbocycles. The van der Waals surface area contributed by atoms with Crippen LogP contribution in [0.5, 0.6) is 0 Å². The number of rotatable bonds is 2. The molecular formula is C15H22. The molecule has 0 radical (unpaired) electrons. The molecule has 0 nitrogen and oxygen atoms in total. The van der Waals surface area contributed by atoms with E-state index in [-0.39, 0.29) is 0 Å². The molecule has 0 aliphatic heterocycles. The zero-order valence-electron chi connectivity index (χ0n) is 10.4. The van der Waals surface area contributed by atoms with E-state index < -0.39 is 0 Å². The lowest BCUT2D eigenvalue weighted by Crippen LogP contribution is -2.15. The molecule has 1 fully saturated rings. The van der Waals surface area contributed by atoms with Gasteiger partial charge in [-0.2, -0.15) is 0 Å². The Balaban J connectivity index is 2.15.